The van der Waals surface area contributed by atoms with Crippen molar-refractivity contribution in [1.82, 2.24) is 9.97 Å². The minimum absolute atomic E-state index is 0.509. The number of hydrogen-bond acceptors (Lipinski definition) is 4. The maximum absolute atomic E-state index is 10.4. The summed E-state index contributed by atoms with van der Waals surface area (Å²) < 4.78 is 0. The molecule has 0 saturated heterocycles. The molecule has 0 aromatic carbocycles. The summed E-state index contributed by atoms with van der Waals surface area (Å²) >= 11 is 0. The summed E-state index contributed by atoms with van der Waals surface area (Å²) in [6, 6.07) is -0.742. The van der Waals surface area contributed by atoms with Gasteiger partial charge in [0.05, 0.1) is 0 Å². The summed E-state index contributed by atoms with van der Waals surface area (Å²) in [6.07, 6.45) is 5.59. The SMILES string of the molecule is N[C@H](CCCCNc1ncc[nH]1)C(=O)O. The zero-order valence-corrected chi connectivity index (χ0v) is 8.44. The normalized spacial score (nSPS) is 12.3. The second kappa shape index (κ2) is 6.02. The van der Waals surface area contributed by atoms with E-state index in [1.54, 1.807) is 12.4 Å². The highest BCUT2D eigenvalue weighted by atomic mass is 16.4. The lowest BCUT2D eigenvalue weighted by Gasteiger charge is -2.06. The fraction of sp³-hybridized carbons (Fsp3) is 0.556. The van der Waals surface area contributed by atoms with Crippen molar-refractivity contribution >= 4 is 11.9 Å². The molecule has 0 aliphatic rings. The van der Waals surface area contributed by atoms with Crippen LogP contribution in [0, 0.1) is 0 Å². The average molecular weight is 212 g/mol. The maximum atomic E-state index is 10.4. The van der Waals surface area contributed by atoms with Crippen LogP contribution in [-0.4, -0.2) is 33.6 Å². The highest BCUT2D eigenvalue weighted by molar-refractivity contribution is 5.72. The van der Waals surface area contributed by atoms with Crippen molar-refractivity contribution in [3.05, 3.63) is 12.4 Å². The van der Waals surface area contributed by atoms with Gasteiger partial charge in [-0.3, -0.25) is 4.79 Å². The minimum atomic E-state index is -0.936. The van der Waals surface area contributed by atoms with Crippen LogP contribution in [0.15, 0.2) is 12.4 Å². The van der Waals surface area contributed by atoms with Crippen molar-refractivity contribution in [2.24, 2.45) is 5.73 Å². The second-order valence-electron chi connectivity index (χ2n) is 3.31. The molecule has 0 bridgehead atoms. The molecule has 6 nitrogen and oxygen atoms in total. The Morgan fingerprint density at radius 2 is 2.47 bits per heavy atom. The Balaban J connectivity index is 2.00. The second-order valence-corrected chi connectivity index (χ2v) is 3.31. The third-order valence-electron chi connectivity index (χ3n) is 2.05. The van der Waals surface area contributed by atoms with E-state index >= 15 is 0 Å². The standard InChI is InChI=1S/C9H16N4O2/c10-7(8(14)15)3-1-2-4-11-9-12-5-6-13-9/h5-7H,1-4,10H2,(H,14,15)(H2,11,12,13)/t7-/m1/s1. The Morgan fingerprint density at radius 3 is 3.07 bits per heavy atom. The van der Waals surface area contributed by atoms with E-state index in [1.807, 2.05) is 0 Å². The van der Waals surface area contributed by atoms with Crippen molar-refractivity contribution in [2.75, 3.05) is 11.9 Å². The molecular weight excluding hydrogens is 196 g/mol. The van der Waals surface area contributed by atoms with Crippen molar-refractivity contribution in [3.63, 3.8) is 0 Å². The zero-order valence-electron chi connectivity index (χ0n) is 8.44. The van der Waals surface area contributed by atoms with E-state index in [1.165, 1.54) is 0 Å². The average Bonchev–Trinajstić information content (AvgIpc) is 2.69. The van der Waals surface area contributed by atoms with Crippen LogP contribution in [0.4, 0.5) is 5.95 Å². The number of rotatable bonds is 7. The summed E-state index contributed by atoms with van der Waals surface area (Å²) in [6.45, 7) is 0.764. The number of carboxylic acid groups (broad SMARTS) is 1. The van der Waals surface area contributed by atoms with Gasteiger partial charge in [0.25, 0.3) is 0 Å². The van der Waals surface area contributed by atoms with Gasteiger partial charge in [0, 0.05) is 18.9 Å². The molecule has 5 N–H and O–H groups in total. The Labute approximate surface area is 87.9 Å². The number of aliphatic carboxylic acids is 1. The fourth-order valence-electron chi connectivity index (χ4n) is 1.18. The molecular formula is C9H16N4O2. The van der Waals surface area contributed by atoms with Gasteiger partial charge in [0.15, 0.2) is 5.95 Å². The first-order chi connectivity index (χ1) is 7.20. The first-order valence-corrected chi connectivity index (χ1v) is 4.92. The van der Waals surface area contributed by atoms with Crippen LogP contribution in [-0.2, 0) is 4.79 Å². The monoisotopic (exact) mass is 212 g/mol. The molecule has 0 amide bonds. The molecule has 0 spiro atoms. The first-order valence-electron chi connectivity index (χ1n) is 4.92. The fourth-order valence-corrected chi connectivity index (χ4v) is 1.18. The van der Waals surface area contributed by atoms with Crippen LogP contribution < -0.4 is 11.1 Å². The molecule has 1 rings (SSSR count). The molecule has 0 fully saturated rings. The molecule has 84 valence electrons. The number of imidazole rings is 1. The molecule has 6 heteroatoms. The van der Waals surface area contributed by atoms with E-state index in [0.29, 0.717) is 6.42 Å². The number of aromatic amines is 1. The molecule has 0 unspecified atom stereocenters. The number of aromatic nitrogens is 2. The van der Waals surface area contributed by atoms with Crippen LogP contribution in [0.1, 0.15) is 19.3 Å². The predicted molar refractivity (Wildman–Crippen MR) is 56.5 cm³/mol. The van der Waals surface area contributed by atoms with Crippen molar-refractivity contribution in [3.8, 4) is 0 Å². The summed E-state index contributed by atoms with van der Waals surface area (Å²) in [5.41, 5.74) is 5.35. The van der Waals surface area contributed by atoms with Crippen LogP contribution in [0.5, 0.6) is 0 Å². The number of nitrogens with zero attached hydrogens (tertiary/aromatic N) is 1. The summed E-state index contributed by atoms with van der Waals surface area (Å²) in [4.78, 5) is 17.3. The largest absolute Gasteiger partial charge is 0.480 e. The third kappa shape index (κ3) is 4.46. The topological polar surface area (TPSA) is 104 Å². The minimum Gasteiger partial charge on any atom is -0.480 e. The number of hydrogen-bond donors (Lipinski definition) is 4. The van der Waals surface area contributed by atoms with Gasteiger partial charge in [-0.05, 0) is 19.3 Å². The molecule has 1 heterocycles. The van der Waals surface area contributed by atoms with E-state index in [0.717, 1.165) is 25.3 Å². The van der Waals surface area contributed by atoms with Crippen LogP contribution in [0.2, 0.25) is 0 Å². The summed E-state index contributed by atoms with van der Waals surface area (Å²) in [7, 11) is 0. The smallest absolute Gasteiger partial charge is 0.320 e. The Hall–Kier alpha value is -1.56. The molecule has 0 aliphatic heterocycles. The van der Waals surface area contributed by atoms with E-state index < -0.39 is 12.0 Å². The number of H-pyrrole nitrogens is 1. The Kier molecular flexibility index (Phi) is 4.62. The molecule has 0 saturated carbocycles. The van der Waals surface area contributed by atoms with Gasteiger partial charge in [0.2, 0.25) is 0 Å². The summed E-state index contributed by atoms with van der Waals surface area (Å²) in [5.74, 6) is -0.202. The highest BCUT2D eigenvalue weighted by Crippen LogP contribution is 2.01. The Bertz CT molecular complexity index is 286. The predicted octanol–water partition coefficient (Wildman–Crippen LogP) is 0.404. The van der Waals surface area contributed by atoms with Gasteiger partial charge >= 0.3 is 5.97 Å². The van der Waals surface area contributed by atoms with Gasteiger partial charge in [-0.1, -0.05) is 0 Å². The number of carbonyl (C=O) groups is 1. The first kappa shape index (κ1) is 11.5. The molecule has 1 aromatic rings. The molecule has 1 aromatic heterocycles. The number of unbranched alkanes of at least 4 members (excludes halogenated alkanes) is 1. The van der Waals surface area contributed by atoms with Crippen LogP contribution in [0.25, 0.3) is 0 Å². The van der Waals surface area contributed by atoms with Gasteiger partial charge in [-0.15, -0.1) is 0 Å². The lowest BCUT2D eigenvalue weighted by Crippen LogP contribution is -2.29. The quantitative estimate of drug-likeness (QED) is 0.490. The third-order valence-corrected chi connectivity index (χ3v) is 2.05. The molecule has 15 heavy (non-hydrogen) atoms. The van der Waals surface area contributed by atoms with Crippen LogP contribution in [0.3, 0.4) is 0 Å². The number of anilines is 1. The molecule has 1 atom stereocenters. The van der Waals surface area contributed by atoms with Gasteiger partial charge in [-0.25, -0.2) is 4.98 Å². The van der Waals surface area contributed by atoms with Crippen molar-refractivity contribution in [2.45, 2.75) is 25.3 Å². The molecule has 0 radical (unpaired) electrons. The lowest BCUT2D eigenvalue weighted by atomic mass is 10.1. The van der Waals surface area contributed by atoms with Gasteiger partial charge in [0.1, 0.15) is 6.04 Å². The Morgan fingerprint density at radius 1 is 1.67 bits per heavy atom. The number of nitrogens with one attached hydrogen (secondary N) is 2. The zero-order chi connectivity index (χ0) is 11.1. The van der Waals surface area contributed by atoms with E-state index in [4.69, 9.17) is 10.8 Å². The maximum Gasteiger partial charge on any atom is 0.320 e. The number of nitrogens with two attached hydrogens (primary N) is 1. The van der Waals surface area contributed by atoms with Gasteiger partial charge < -0.3 is 21.1 Å². The van der Waals surface area contributed by atoms with E-state index in [9.17, 15) is 4.79 Å². The molecule has 0 aliphatic carbocycles. The van der Waals surface area contributed by atoms with E-state index in [-0.39, 0.29) is 0 Å². The van der Waals surface area contributed by atoms with Crippen LogP contribution >= 0.6 is 0 Å². The van der Waals surface area contributed by atoms with Gasteiger partial charge in [-0.2, -0.15) is 0 Å². The number of carboxylic acids is 1. The summed E-state index contributed by atoms with van der Waals surface area (Å²) in [5, 5.41) is 11.6. The van der Waals surface area contributed by atoms with Crippen molar-refractivity contribution in [1.29, 1.82) is 0 Å². The van der Waals surface area contributed by atoms with Crippen molar-refractivity contribution < 1.29 is 9.90 Å². The highest BCUT2D eigenvalue weighted by Gasteiger charge is 2.09. The van der Waals surface area contributed by atoms with E-state index in [2.05, 4.69) is 15.3 Å². The lowest BCUT2D eigenvalue weighted by molar-refractivity contribution is -0.138.